The summed E-state index contributed by atoms with van der Waals surface area (Å²) in [5.74, 6) is 2.53. The molecule has 0 saturated heterocycles. The third-order valence-corrected chi connectivity index (χ3v) is 2.82. The molecule has 1 heterocycles. The smallest absolute Gasteiger partial charge is 0.135 e. The first-order valence-electron chi connectivity index (χ1n) is 6.01. The van der Waals surface area contributed by atoms with Crippen molar-refractivity contribution in [3.05, 3.63) is 47.3 Å². The fraction of sp³-hybridized carbons (Fsp3) is 0.286. The second-order valence-corrected chi connectivity index (χ2v) is 4.11. The van der Waals surface area contributed by atoms with Gasteiger partial charge in [0.2, 0.25) is 0 Å². The molecule has 0 radical (unpaired) electrons. The summed E-state index contributed by atoms with van der Waals surface area (Å²) in [6.45, 7) is 1.90. The SMILES string of the molecule is CNc1nc(C)nc(NC)c1Cc1ccccc1. The zero-order valence-corrected chi connectivity index (χ0v) is 11.0. The van der Waals surface area contributed by atoms with E-state index in [-0.39, 0.29) is 0 Å². The number of anilines is 2. The highest BCUT2D eigenvalue weighted by atomic mass is 15.1. The molecule has 2 rings (SSSR count). The quantitative estimate of drug-likeness (QED) is 0.864. The van der Waals surface area contributed by atoms with Gasteiger partial charge in [-0.2, -0.15) is 0 Å². The molecule has 4 heteroatoms. The Bertz CT molecular complexity index is 498. The highest BCUT2D eigenvalue weighted by molar-refractivity contribution is 5.59. The Kier molecular flexibility index (Phi) is 3.77. The second kappa shape index (κ2) is 5.49. The third kappa shape index (κ3) is 2.59. The van der Waals surface area contributed by atoms with Gasteiger partial charge in [-0.25, -0.2) is 9.97 Å². The number of benzene rings is 1. The van der Waals surface area contributed by atoms with Gasteiger partial charge < -0.3 is 10.6 Å². The first-order chi connectivity index (χ1) is 8.74. The van der Waals surface area contributed by atoms with Crippen LogP contribution in [0.4, 0.5) is 11.6 Å². The Morgan fingerprint density at radius 1 is 0.944 bits per heavy atom. The number of rotatable bonds is 4. The lowest BCUT2D eigenvalue weighted by Gasteiger charge is -2.13. The Morgan fingerprint density at radius 3 is 2.00 bits per heavy atom. The highest BCUT2D eigenvalue weighted by Gasteiger charge is 2.11. The maximum atomic E-state index is 4.43. The minimum absolute atomic E-state index is 0.764. The highest BCUT2D eigenvalue weighted by Crippen LogP contribution is 2.23. The van der Waals surface area contributed by atoms with Crippen molar-refractivity contribution in [2.24, 2.45) is 0 Å². The van der Waals surface area contributed by atoms with Gasteiger partial charge in [-0.1, -0.05) is 30.3 Å². The summed E-state index contributed by atoms with van der Waals surface area (Å²) in [7, 11) is 3.77. The van der Waals surface area contributed by atoms with Gasteiger partial charge in [-0.15, -0.1) is 0 Å². The molecule has 0 spiro atoms. The van der Waals surface area contributed by atoms with Crippen molar-refractivity contribution in [3.8, 4) is 0 Å². The Hall–Kier alpha value is -2.10. The van der Waals surface area contributed by atoms with Crippen molar-refractivity contribution in [3.63, 3.8) is 0 Å². The molecule has 2 N–H and O–H groups in total. The molecule has 0 unspecified atom stereocenters. The molecule has 0 amide bonds. The molecule has 94 valence electrons. The molecule has 0 saturated carbocycles. The molecule has 18 heavy (non-hydrogen) atoms. The summed E-state index contributed by atoms with van der Waals surface area (Å²) in [6, 6.07) is 10.3. The molecule has 0 fully saturated rings. The van der Waals surface area contributed by atoms with E-state index in [0.29, 0.717) is 0 Å². The number of hydrogen-bond acceptors (Lipinski definition) is 4. The number of hydrogen-bond donors (Lipinski definition) is 2. The predicted molar refractivity (Wildman–Crippen MR) is 75.1 cm³/mol. The van der Waals surface area contributed by atoms with Crippen molar-refractivity contribution in [2.75, 3.05) is 24.7 Å². The molecule has 1 aromatic heterocycles. The summed E-state index contributed by atoms with van der Waals surface area (Å²) >= 11 is 0. The fourth-order valence-electron chi connectivity index (χ4n) is 1.98. The molecular weight excluding hydrogens is 224 g/mol. The van der Waals surface area contributed by atoms with E-state index in [1.165, 1.54) is 5.56 Å². The number of aromatic nitrogens is 2. The third-order valence-electron chi connectivity index (χ3n) is 2.82. The van der Waals surface area contributed by atoms with Crippen molar-refractivity contribution >= 4 is 11.6 Å². The van der Waals surface area contributed by atoms with Crippen LogP contribution in [0.15, 0.2) is 30.3 Å². The lowest BCUT2D eigenvalue weighted by atomic mass is 10.1. The molecule has 1 aromatic carbocycles. The van der Waals surface area contributed by atoms with E-state index in [1.54, 1.807) is 0 Å². The zero-order valence-electron chi connectivity index (χ0n) is 11.0. The van der Waals surface area contributed by atoms with E-state index in [1.807, 2.05) is 39.2 Å². The van der Waals surface area contributed by atoms with Gasteiger partial charge in [-0.05, 0) is 12.5 Å². The molecule has 0 atom stereocenters. The van der Waals surface area contributed by atoms with Gasteiger partial charge in [0, 0.05) is 26.1 Å². The Balaban J connectivity index is 2.42. The van der Waals surface area contributed by atoms with Crippen LogP contribution in [0.5, 0.6) is 0 Å². The minimum atomic E-state index is 0.764. The van der Waals surface area contributed by atoms with Crippen molar-refractivity contribution in [2.45, 2.75) is 13.3 Å². The summed E-state index contributed by atoms with van der Waals surface area (Å²) < 4.78 is 0. The molecule has 0 aliphatic rings. The molecule has 0 aliphatic heterocycles. The van der Waals surface area contributed by atoms with Gasteiger partial charge in [0.1, 0.15) is 17.5 Å². The van der Waals surface area contributed by atoms with Crippen LogP contribution in [0.3, 0.4) is 0 Å². The number of aryl methyl sites for hydroxylation is 1. The normalized spacial score (nSPS) is 10.2. The first kappa shape index (κ1) is 12.4. The Labute approximate surface area is 107 Å². The Morgan fingerprint density at radius 2 is 1.50 bits per heavy atom. The van der Waals surface area contributed by atoms with E-state index in [0.717, 1.165) is 29.4 Å². The fourth-order valence-corrected chi connectivity index (χ4v) is 1.98. The number of nitrogens with zero attached hydrogens (tertiary/aromatic N) is 2. The van der Waals surface area contributed by atoms with Gasteiger partial charge in [0.25, 0.3) is 0 Å². The van der Waals surface area contributed by atoms with E-state index < -0.39 is 0 Å². The van der Waals surface area contributed by atoms with Crippen molar-refractivity contribution in [1.82, 2.24) is 9.97 Å². The maximum absolute atomic E-state index is 4.43. The number of nitrogens with one attached hydrogen (secondary N) is 2. The van der Waals surface area contributed by atoms with Crippen LogP contribution in [0.25, 0.3) is 0 Å². The topological polar surface area (TPSA) is 49.8 Å². The van der Waals surface area contributed by atoms with Crippen LogP contribution in [-0.4, -0.2) is 24.1 Å². The van der Waals surface area contributed by atoms with E-state index in [9.17, 15) is 0 Å². The van der Waals surface area contributed by atoms with E-state index in [4.69, 9.17) is 0 Å². The lowest BCUT2D eigenvalue weighted by Crippen LogP contribution is -2.08. The average Bonchev–Trinajstić information content (AvgIpc) is 2.41. The molecular formula is C14H18N4. The summed E-state index contributed by atoms with van der Waals surface area (Å²) in [5.41, 5.74) is 2.34. The van der Waals surface area contributed by atoms with Crippen molar-refractivity contribution in [1.29, 1.82) is 0 Å². The second-order valence-electron chi connectivity index (χ2n) is 4.11. The van der Waals surface area contributed by atoms with Crippen LogP contribution in [0.2, 0.25) is 0 Å². The van der Waals surface area contributed by atoms with Crippen LogP contribution in [0.1, 0.15) is 17.0 Å². The summed E-state index contributed by atoms with van der Waals surface area (Å²) in [6.07, 6.45) is 0.813. The van der Waals surface area contributed by atoms with Crippen molar-refractivity contribution < 1.29 is 0 Å². The molecule has 2 aromatic rings. The van der Waals surface area contributed by atoms with Gasteiger partial charge >= 0.3 is 0 Å². The van der Waals surface area contributed by atoms with Gasteiger partial charge in [0.05, 0.1) is 0 Å². The molecule has 0 bridgehead atoms. The molecule has 0 aliphatic carbocycles. The van der Waals surface area contributed by atoms with E-state index >= 15 is 0 Å². The lowest BCUT2D eigenvalue weighted by molar-refractivity contribution is 1.01. The summed E-state index contributed by atoms with van der Waals surface area (Å²) in [4.78, 5) is 8.87. The van der Waals surface area contributed by atoms with E-state index in [2.05, 4.69) is 32.7 Å². The zero-order chi connectivity index (χ0) is 13.0. The monoisotopic (exact) mass is 242 g/mol. The predicted octanol–water partition coefficient (Wildman–Crippen LogP) is 2.46. The van der Waals surface area contributed by atoms with Gasteiger partial charge in [0.15, 0.2) is 0 Å². The minimum Gasteiger partial charge on any atom is -0.373 e. The summed E-state index contributed by atoms with van der Waals surface area (Å²) in [5, 5.41) is 6.28. The van der Waals surface area contributed by atoms with Crippen LogP contribution >= 0.6 is 0 Å². The largest absolute Gasteiger partial charge is 0.373 e. The van der Waals surface area contributed by atoms with Crippen LogP contribution in [0, 0.1) is 6.92 Å². The van der Waals surface area contributed by atoms with Gasteiger partial charge in [-0.3, -0.25) is 0 Å². The standard InChI is InChI=1S/C14H18N4/c1-10-17-13(15-2)12(14(16-3)18-10)9-11-7-5-4-6-8-11/h4-8H,9H2,1-3H3,(H2,15,16,17,18). The maximum Gasteiger partial charge on any atom is 0.135 e. The van der Waals surface area contributed by atoms with Crippen LogP contribution in [-0.2, 0) is 6.42 Å². The first-order valence-corrected chi connectivity index (χ1v) is 6.01. The molecule has 4 nitrogen and oxygen atoms in total. The van der Waals surface area contributed by atoms with Crippen LogP contribution < -0.4 is 10.6 Å². The average molecular weight is 242 g/mol.